The molecule has 3 rings (SSSR count). The van der Waals surface area contributed by atoms with Gasteiger partial charge < -0.3 is 4.74 Å². The fourth-order valence-electron chi connectivity index (χ4n) is 6.04. The van der Waals surface area contributed by atoms with Gasteiger partial charge in [-0.1, -0.05) is 27.2 Å². The molecule has 18 heavy (non-hydrogen) atoms. The molecule has 3 unspecified atom stereocenters. The lowest BCUT2D eigenvalue weighted by Gasteiger charge is -2.56. The minimum Gasteiger partial charge on any atom is -0.381 e. The van der Waals surface area contributed by atoms with Gasteiger partial charge in [-0.25, -0.2) is 0 Å². The molecule has 0 aromatic heterocycles. The lowest BCUT2D eigenvalue weighted by molar-refractivity contribution is -0.109. The molecule has 0 aromatic carbocycles. The van der Waals surface area contributed by atoms with E-state index in [4.69, 9.17) is 4.74 Å². The minimum atomic E-state index is 0.526. The highest BCUT2D eigenvalue weighted by atomic mass is 16.5. The molecule has 0 saturated heterocycles. The molecule has 1 heteroatoms. The second-order valence-electron chi connectivity index (χ2n) is 7.77. The first-order valence-corrected chi connectivity index (χ1v) is 8.09. The highest BCUT2D eigenvalue weighted by molar-refractivity contribution is 5.04. The lowest BCUT2D eigenvalue weighted by Crippen LogP contribution is -2.50. The second-order valence-corrected chi connectivity index (χ2v) is 7.77. The zero-order valence-electron chi connectivity index (χ0n) is 12.6. The van der Waals surface area contributed by atoms with Gasteiger partial charge in [-0.2, -0.15) is 0 Å². The number of hydrogen-bond acceptors (Lipinski definition) is 1. The third-order valence-electron chi connectivity index (χ3n) is 7.01. The van der Waals surface area contributed by atoms with Crippen molar-refractivity contribution in [3.63, 3.8) is 0 Å². The normalized spacial score (nSPS) is 56.0. The Labute approximate surface area is 113 Å². The third-order valence-corrected chi connectivity index (χ3v) is 7.01. The quantitative estimate of drug-likeness (QED) is 0.665. The fourth-order valence-corrected chi connectivity index (χ4v) is 6.04. The van der Waals surface area contributed by atoms with Crippen LogP contribution >= 0.6 is 0 Å². The molecule has 3 aliphatic carbocycles. The molecule has 3 fully saturated rings. The average molecular weight is 250 g/mol. The van der Waals surface area contributed by atoms with Crippen molar-refractivity contribution in [1.82, 2.24) is 0 Å². The third kappa shape index (κ3) is 1.77. The van der Waals surface area contributed by atoms with Crippen LogP contribution in [0.25, 0.3) is 0 Å². The molecule has 0 aliphatic heterocycles. The van der Waals surface area contributed by atoms with Gasteiger partial charge in [-0.15, -0.1) is 0 Å². The van der Waals surface area contributed by atoms with Gasteiger partial charge in [0.05, 0.1) is 6.10 Å². The average Bonchev–Trinajstić information content (AvgIpc) is 2.71. The summed E-state index contributed by atoms with van der Waals surface area (Å²) in [5, 5.41) is 0. The number of fused-ring (bicyclic) bond motifs is 3. The smallest absolute Gasteiger partial charge is 0.0600 e. The van der Waals surface area contributed by atoms with Crippen molar-refractivity contribution < 1.29 is 4.74 Å². The van der Waals surface area contributed by atoms with Crippen LogP contribution in [-0.4, -0.2) is 13.2 Å². The van der Waals surface area contributed by atoms with Crippen LogP contribution in [0.3, 0.4) is 0 Å². The van der Waals surface area contributed by atoms with E-state index in [1.54, 1.807) is 0 Å². The summed E-state index contributed by atoms with van der Waals surface area (Å²) in [5.74, 6) is 4.72. The number of rotatable bonds is 1. The van der Waals surface area contributed by atoms with Crippen LogP contribution < -0.4 is 0 Å². The molecule has 7 atom stereocenters. The van der Waals surface area contributed by atoms with E-state index in [1.165, 1.54) is 38.5 Å². The summed E-state index contributed by atoms with van der Waals surface area (Å²) < 4.78 is 5.77. The van der Waals surface area contributed by atoms with Gasteiger partial charge in [0.25, 0.3) is 0 Å². The van der Waals surface area contributed by atoms with E-state index in [9.17, 15) is 0 Å². The Morgan fingerprint density at radius 1 is 0.944 bits per heavy atom. The van der Waals surface area contributed by atoms with Crippen LogP contribution in [0.1, 0.15) is 59.3 Å². The standard InChI is InChI=1S/C17H30O/c1-11-5-6-14-13(11)7-9-17(3)10-8-15(18-4)12(2)16(14)17/h11-16H,5-10H2,1-4H3/t11-,12-,13?,14+,15-,16?,17?/m1/s1. The van der Waals surface area contributed by atoms with E-state index in [1.807, 2.05) is 7.11 Å². The Hall–Kier alpha value is -0.0400. The number of ether oxygens (including phenoxy) is 1. The molecule has 0 radical (unpaired) electrons. The highest BCUT2D eigenvalue weighted by Crippen LogP contribution is 2.61. The molecule has 0 bridgehead atoms. The molecule has 0 N–H and O–H groups in total. The van der Waals surface area contributed by atoms with Crippen LogP contribution in [0, 0.1) is 35.0 Å². The fraction of sp³-hybridized carbons (Fsp3) is 1.00. The van der Waals surface area contributed by atoms with E-state index in [0.29, 0.717) is 11.5 Å². The Morgan fingerprint density at radius 2 is 1.67 bits per heavy atom. The summed E-state index contributed by atoms with van der Waals surface area (Å²) in [7, 11) is 1.92. The molecule has 3 saturated carbocycles. The van der Waals surface area contributed by atoms with Crippen molar-refractivity contribution in [2.45, 2.75) is 65.4 Å². The Balaban J connectivity index is 1.88. The van der Waals surface area contributed by atoms with Crippen LogP contribution in [0.5, 0.6) is 0 Å². The van der Waals surface area contributed by atoms with Gasteiger partial charge in [0.1, 0.15) is 0 Å². The van der Waals surface area contributed by atoms with E-state index < -0.39 is 0 Å². The van der Waals surface area contributed by atoms with Crippen molar-refractivity contribution >= 4 is 0 Å². The molecule has 1 nitrogen and oxygen atoms in total. The van der Waals surface area contributed by atoms with Gasteiger partial charge >= 0.3 is 0 Å². The van der Waals surface area contributed by atoms with Crippen molar-refractivity contribution in [2.24, 2.45) is 35.0 Å². The molecule has 3 aliphatic rings. The lowest BCUT2D eigenvalue weighted by atomic mass is 9.50. The first-order chi connectivity index (χ1) is 8.57. The van der Waals surface area contributed by atoms with Crippen molar-refractivity contribution in [2.75, 3.05) is 7.11 Å². The van der Waals surface area contributed by atoms with Gasteiger partial charge in [-0.3, -0.25) is 0 Å². The maximum atomic E-state index is 5.77. The zero-order chi connectivity index (χ0) is 12.9. The van der Waals surface area contributed by atoms with E-state index in [-0.39, 0.29) is 0 Å². The van der Waals surface area contributed by atoms with Gasteiger partial charge in [0.2, 0.25) is 0 Å². The Morgan fingerprint density at radius 3 is 2.39 bits per heavy atom. The molecule has 0 spiro atoms. The van der Waals surface area contributed by atoms with Gasteiger partial charge in [-0.05, 0) is 67.1 Å². The zero-order valence-corrected chi connectivity index (χ0v) is 12.6. The van der Waals surface area contributed by atoms with Gasteiger partial charge in [0.15, 0.2) is 0 Å². The molecular formula is C17H30O. The monoisotopic (exact) mass is 250 g/mol. The minimum absolute atomic E-state index is 0.526. The van der Waals surface area contributed by atoms with Crippen molar-refractivity contribution in [1.29, 1.82) is 0 Å². The largest absolute Gasteiger partial charge is 0.381 e. The van der Waals surface area contributed by atoms with Crippen LogP contribution in [0.2, 0.25) is 0 Å². The summed E-state index contributed by atoms with van der Waals surface area (Å²) in [6.07, 6.45) is 9.17. The van der Waals surface area contributed by atoms with E-state index in [2.05, 4.69) is 20.8 Å². The summed E-state index contributed by atoms with van der Waals surface area (Å²) in [6, 6.07) is 0. The molecule has 0 heterocycles. The predicted octanol–water partition coefficient (Wildman–Crippen LogP) is 4.51. The van der Waals surface area contributed by atoms with E-state index >= 15 is 0 Å². The number of hydrogen-bond donors (Lipinski definition) is 0. The summed E-state index contributed by atoms with van der Waals surface area (Å²) in [5.41, 5.74) is 0.625. The molecule has 0 amide bonds. The van der Waals surface area contributed by atoms with Crippen LogP contribution in [0.15, 0.2) is 0 Å². The van der Waals surface area contributed by atoms with E-state index in [0.717, 1.165) is 29.6 Å². The van der Waals surface area contributed by atoms with Crippen LogP contribution in [0.4, 0.5) is 0 Å². The topological polar surface area (TPSA) is 9.23 Å². The predicted molar refractivity (Wildman–Crippen MR) is 75.4 cm³/mol. The van der Waals surface area contributed by atoms with Crippen LogP contribution in [-0.2, 0) is 4.74 Å². The van der Waals surface area contributed by atoms with Crippen molar-refractivity contribution in [3.05, 3.63) is 0 Å². The summed E-state index contributed by atoms with van der Waals surface area (Å²) >= 11 is 0. The molecule has 0 aromatic rings. The SMILES string of the molecule is CO[C@@H]1CCC2(C)CCC3[C@H](CC[C@H]3C)C2[C@@H]1C. The molecular weight excluding hydrogens is 220 g/mol. The second kappa shape index (κ2) is 4.51. The Kier molecular flexibility index (Phi) is 3.25. The molecule has 104 valence electrons. The number of methoxy groups -OCH3 is 1. The summed E-state index contributed by atoms with van der Waals surface area (Å²) in [4.78, 5) is 0. The first kappa shape index (κ1) is 13.0. The van der Waals surface area contributed by atoms with Crippen molar-refractivity contribution in [3.8, 4) is 0 Å². The summed E-state index contributed by atoms with van der Waals surface area (Å²) in [6.45, 7) is 7.55. The first-order valence-electron chi connectivity index (χ1n) is 8.09. The Bertz CT molecular complexity index is 313. The van der Waals surface area contributed by atoms with Gasteiger partial charge in [0, 0.05) is 7.11 Å². The maximum Gasteiger partial charge on any atom is 0.0600 e. The highest BCUT2D eigenvalue weighted by Gasteiger charge is 2.54. The maximum absolute atomic E-state index is 5.77.